The summed E-state index contributed by atoms with van der Waals surface area (Å²) in [5.74, 6) is 0.477. The molecular weight excluding hydrogens is 436 g/mol. The van der Waals surface area contributed by atoms with Crippen molar-refractivity contribution in [3.63, 3.8) is 0 Å². The minimum absolute atomic E-state index is 0.125. The van der Waals surface area contributed by atoms with Gasteiger partial charge in [0.2, 0.25) is 10.0 Å². The van der Waals surface area contributed by atoms with Gasteiger partial charge in [-0.1, -0.05) is 29.8 Å². The standard InChI is InChI=1S/C23H23ClN2O4S/c1-3-30-22-13-11-20(12-14-22)25-23(27)18-9-7-17(8-10-18)16-26(31(2,28)29)21-6-4-5-19(24)15-21/h4-15H,3,16H2,1-2H3,(H,25,27). The lowest BCUT2D eigenvalue weighted by molar-refractivity contribution is 0.102. The van der Waals surface area contributed by atoms with Crippen molar-refractivity contribution in [2.24, 2.45) is 0 Å². The molecule has 8 heteroatoms. The summed E-state index contributed by atoms with van der Waals surface area (Å²) in [6.07, 6.45) is 1.15. The number of rotatable bonds is 8. The van der Waals surface area contributed by atoms with E-state index in [0.29, 0.717) is 28.6 Å². The summed E-state index contributed by atoms with van der Waals surface area (Å²) in [6.45, 7) is 2.61. The zero-order chi connectivity index (χ0) is 22.4. The van der Waals surface area contributed by atoms with Crippen molar-refractivity contribution in [2.75, 3.05) is 22.5 Å². The van der Waals surface area contributed by atoms with Gasteiger partial charge in [0, 0.05) is 16.3 Å². The molecule has 3 rings (SSSR count). The van der Waals surface area contributed by atoms with Crippen LogP contribution >= 0.6 is 11.6 Å². The largest absolute Gasteiger partial charge is 0.494 e. The van der Waals surface area contributed by atoms with Crippen LogP contribution in [0, 0.1) is 0 Å². The number of nitrogens with one attached hydrogen (secondary N) is 1. The topological polar surface area (TPSA) is 75.7 Å². The lowest BCUT2D eigenvalue weighted by atomic mass is 10.1. The van der Waals surface area contributed by atoms with Gasteiger partial charge in [-0.2, -0.15) is 0 Å². The van der Waals surface area contributed by atoms with Crippen molar-refractivity contribution >= 4 is 38.9 Å². The van der Waals surface area contributed by atoms with Gasteiger partial charge in [-0.3, -0.25) is 9.10 Å². The van der Waals surface area contributed by atoms with Crippen molar-refractivity contribution in [2.45, 2.75) is 13.5 Å². The Labute approximate surface area is 187 Å². The van der Waals surface area contributed by atoms with Crippen LogP contribution in [0.2, 0.25) is 5.02 Å². The molecule has 0 bridgehead atoms. The summed E-state index contributed by atoms with van der Waals surface area (Å²) in [4.78, 5) is 12.5. The molecule has 0 aromatic heterocycles. The van der Waals surface area contributed by atoms with Crippen LogP contribution in [0.3, 0.4) is 0 Å². The number of benzene rings is 3. The zero-order valence-corrected chi connectivity index (χ0v) is 18.8. The van der Waals surface area contributed by atoms with E-state index in [9.17, 15) is 13.2 Å². The molecule has 0 fully saturated rings. The van der Waals surface area contributed by atoms with E-state index in [0.717, 1.165) is 17.6 Å². The van der Waals surface area contributed by atoms with Gasteiger partial charge in [0.05, 0.1) is 25.1 Å². The summed E-state index contributed by atoms with van der Waals surface area (Å²) < 4.78 is 31.3. The van der Waals surface area contributed by atoms with Crippen LogP contribution in [0.25, 0.3) is 0 Å². The molecule has 0 unspecified atom stereocenters. The van der Waals surface area contributed by atoms with Gasteiger partial charge in [-0.05, 0) is 67.1 Å². The van der Waals surface area contributed by atoms with Gasteiger partial charge < -0.3 is 10.1 Å². The highest BCUT2D eigenvalue weighted by atomic mass is 35.5. The lowest BCUT2D eigenvalue weighted by Crippen LogP contribution is -2.29. The maximum atomic E-state index is 12.5. The molecule has 0 aliphatic carbocycles. The predicted molar refractivity (Wildman–Crippen MR) is 124 cm³/mol. The summed E-state index contributed by atoms with van der Waals surface area (Å²) in [5.41, 5.74) is 2.34. The molecule has 3 aromatic carbocycles. The first-order chi connectivity index (χ1) is 14.8. The molecule has 6 nitrogen and oxygen atoms in total. The molecule has 162 valence electrons. The second-order valence-corrected chi connectivity index (χ2v) is 9.20. The number of anilines is 2. The van der Waals surface area contributed by atoms with Crippen LogP contribution in [-0.4, -0.2) is 27.2 Å². The average Bonchev–Trinajstić information content (AvgIpc) is 2.73. The summed E-state index contributed by atoms with van der Waals surface area (Å²) in [5, 5.41) is 3.28. The number of carbonyl (C=O) groups is 1. The Morgan fingerprint density at radius 3 is 2.29 bits per heavy atom. The van der Waals surface area contributed by atoms with E-state index in [1.807, 2.05) is 6.92 Å². The number of ether oxygens (including phenoxy) is 1. The van der Waals surface area contributed by atoms with Gasteiger partial charge in [-0.25, -0.2) is 8.42 Å². The molecule has 0 aliphatic rings. The summed E-state index contributed by atoms with van der Waals surface area (Å²) in [7, 11) is -3.52. The molecular formula is C23H23ClN2O4S. The first-order valence-corrected chi connectivity index (χ1v) is 11.9. The Hall–Kier alpha value is -3.03. The molecule has 3 aromatic rings. The monoisotopic (exact) mass is 458 g/mol. The highest BCUT2D eigenvalue weighted by molar-refractivity contribution is 7.92. The van der Waals surface area contributed by atoms with E-state index in [1.165, 1.54) is 4.31 Å². The van der Waals surface area contributed by atoms with Crippen LogP contribution in [-0.2, 0) is 16.6 Å². The number of nitrogens with zero attached hydrogens (tertiary/aromatic N) is 1. The fourth-order valence-corrected chi connectivity index (χ4v) is 4.03. The summed E-state index contributed by atoms with van der Waals surface area (Å²) >= 11 is 6.02. The third kappa shape index (κ3) is 6.23. The molecule has 0 atom stereocenters. The fourth-order valence-electron chi connectivity index (χ4n) is 2.96. The maximum Gasteiger partial charge on any atom is 0.255 e. The quantitative estimate of drug-likeness (QED) is 0.517. The minimum Gasteiger partial charge on any atom is -0.494 e. The number of halogens is 1. The van der Waals surface area contributed by atoms with Crippen molar-refractivity contribution in [3.05, 3.63) is 88.9 Å². The smallest absolute Gasteiger partial charge is 0.255 e. The average molecular weight is 459 g/mol. The zero-order valence-electron chi connectivity index (χ0n) is 17.2. The highest BCUT2D eigenvalue weighted by Crippen LogP contribution is 2.24. The highest BCUT2D eigenvalue weighted by Gasteiger charge is 2.18. The van der Waals surface area contributed by atoms with E-state index in [2.05, 4.69) is 5.32 Å². The van der Waals surface area contributed by atoms with Gasteiger partial charge in [0.15, 0.2) is 0 Å². The first kappa shape index (κ1) is 22.7. The molecule has 0 saturated carbocycles. The summed E-state index contributed by atoms with van der Waals surface area (Å²) in [6, 6.07) is 20.6. The predicted octanol–water partition coefficient (Wildman–Crippen LogP) is 4.96. The molecule has 0 radical (unpaired) electrons. The number of amides is 1. The van der Waals surface area contributed by atoms with Crippen LogP contribution < -0.4 is 14.4 Å². The molecule has 0 aliphatic heterocycles. The molecule has 0 spiro atoms. The third-order valence-electron chi connectivity index (χ3n) is 4.46. The Morgan fingerprint density at radius 2 is 1.71 bits per heavy atom. The number of sulfonamides is 1. The Morgan fingerprint density at radius 1 is 1.03 bits per heavy atom. The Kier molecular flexibility index (Phi) is 7.20. The van der Waals surface area contributed by atoms with Crippen molar-refractivity contribution < 1.29 is 17.9 Å². The Bertz CT molecular complexity index is 1150. The number of carbonyl (C=O) groups excluding carboxylic acids is 1. The number of hydrogen-bond donors (Lipinski definition) is 1. The van der Waals surface area contributed by atoms with E-state index in [1.54, 1.807) is 72.8 Å². The Balaban J connectivity index is 1.71. The van der Waals surface area contributed by atoms with Gasteiger partial charge in [0.25, 0.3) is 5.91 Å². The molecule has 1 N–H and O–H groups in total. The first-order valence-electron chi connectivity index (χ1n) is 9.62. The van der Waals surface area contributed by atoms with E-state index >= 15 is 0 Å². The van der Waals surface area contributed by atoms with Crippen LogP contribution in [0.1, 0.15) is 22.8 Å². The fraction of sp³-hybridized carbons (Fsp3) is 0.174. The van der Waals surface area contributed by atoms with E-state index in [4.69, 9.17) is 16.3 Å². The van der Waals surface area contributed by atoms with E-state index < -0.39 is 10.0 Å². The van der Waals surface area contributed by atoms with Gasteiger partial charge in [0.1, 0.15) is 5.75 Å². The second-order valence-electron chi connectivity index (χ2n) is 6.86. The van der Waals surface area contributed by atoms with Crippen molar-refractivity contribution in [1.29, 1.82) is 0 Å². The molecule has 0 heterocycles. The number of hydrogen-bond acceptors (Lipinski definition) is 4. The van der Waals surface area contributed by atoms with Crippen molar-refractivity contribution in [3.8, 4) is 5.75 Å². The maximum absolute atomic E-state index is 12.5. The molecule has 0 saturated heterocycles. The van der Waals surface area contributed by atoms with Crippen LogP contribution in [0.5, 0.6) is 5.75 Å². The van der Waals surface area contributed by atoms with Crippen molar-refractivity contribution in [1.82, 2.24) is 0 Å². The molecule has 31 heavy (non-hydrogen) atoms. The SMILES string of the molecule is CCOc1ccc(NC(=O)c2ccc(CN(c3cccc(Cl)c3)S(C)(=O)=O)cc2)cc1. The second kappa shape index (κ2) is 9.85. The molecule has 1 amide bonds. The third-order valence-corrected chi connectivity index (χ3v) is 5.84. The van der Waals surface area contributed by atoms with Gasteiger partial charge >= 0.3 is 0 Å². The van der Waals surface area contributed by atoms with Gasteiger partial charge in [-0.15, -0.1) is 0 Å². The van der Waals surface area contributed by atoms with Crippen LogP contribution in [0.15, 0.2) is 72.8 Å². The van der Waals surface area contributed by atoms with E-state index in [-0.39, 0.29) is 12.5 Å². The normalized spacial score (nSPS) is 11.1. The van der Waals surface area contributed by atoms with Crippen LogP contribution in [0.4, 0.5) is 11.4 Å². The minimum atomic E-state index is -3.52. The lowest BCUT2D eigenvalue weighted by Gasteiger charge is -2.22.